The van der Waals surface area contributed by atoms with Gasteiger partial charge >= 0.3 is 0 Å². The third kappa shape index (κ3) is 7.67. The van der Waals surface area contributed by atoms with Crippen molar-refractivity contribution in [1.82, 2.24) is 0 Å². The third-order valence-corrected chi connectivity index (χ3v) is 7.13. The van der Waals surface area contributed by atoms with Gasteiger partial charge in [-0.05, 0) is 55.8 Å². The van der Waals surface area contributed by atoms with Crippen LogP contribution in [0, 0.1) is 23.2 Å². The Labute approximate surface area is 158 Å². The zero-order valence-electron chi connectivity index (χ0n) is 18.0. The number of ketones is 1. The lowest BCUT2D eigenvalue weighted by molar-refractivity contribution is -0.119. The van der Waals surface area contributed by atoms with Gasteiger partial charge in [0.1, 0.15) is 5.78 Å². The molecule has 1 heteroatoms. The van der Waals surface area contributed by atoms with Crippen molar-refractivity contribution in [3.8, 4) is 0 Å². The SMILES string of the molecule is CCCCCCCC(=O)CCC(C)C(C)CCC1CC=C(C)C1(C)C. The molecule has 0 fully saturated rings. The van der Waals surface area contributed by atoms with Crippen molar-refractivity contribution in [2.24, 2.45) is 23.2 Å². The Morgan fingerprint density at radius 2 is 1.72 bits per heavy atom. The van der Waals surface area contributed by atoms with Gasteiger partial charge in [-0.3, -0.25) is 4.79 Å². The van der Waals surface area contributed by atoms with E-state index in [2.05, 4.69) is 47.6 Å². The molecule has 0 spiro atoms. The number of unbranched alkanes of at least 4 members (excludes halogenated alkanes) is 4. The van der Waals surface area contributed by atoms with Crippen LogP contribution in [-0.2, 0) is 4.79 Å². The second kappa shape index (κ2) is 11.2. The van der Waals surface area contributed by atoms with Crippen LogP contribution in [0.4, 0.5) is 0 Å². The average molecular weight is 349 g/mol. The second-order valence-corrected chi connectivity index (χ2v) is 9.31. The molecule has 0 bridgehead atoms. The number of rotatable bonds is 13. The molecule has 3 unspecified atom stereocenters. The molecule has 0 saturated carbocycles. The van der Waals surface area contributed by atoms with Crippen LogP contribution in [0.15, 0.2) is 11.6 Å². The predicted molar refractivity (Wildman–Crippen MR) is 111 cm³/mol. The molecule has 0 heterocycles. The Bertz CT molecular complexity index is 418. The largest absolute Gasteiger partial charge is 0.300 e. The molecule has 146 valence electrons. The zero-order valence-corrected chi connectivity index (χ0v) is 18.0. The first-order valence-electron chi connectivity index (χ1n) is 11.0. The first-order valence-corrected chi connectivity index (χ1v) is 11.0. The topological polar surface area (TPSA) is 17.1 Å². The summed E-state index contributed by atoms with van der Waals surface area (Å²) in [5.74, 6) is 2.70. The quantitative estimate of drug-likeness (QED) is 0.246. The highest BCUT2D eigenvalue weighted by atomic mass is 16.1. The van der Waals surface area contributed by atoms with Crippen LogP contribution >= 0.6 is 0 Å². The fourth-order valence-electron chi connectivity index (χ4n) is 4.15. The molecule has 3 atom stereocenters. The van der Waals surface area contributed by atoms with E-state index >= 15 is 0 Å². The van der Waals surface area contributed by atoms with Crippen LogP contribution in [0.25, 0.3) is 0 Å². The molecular weight excluding hydrogens is 304 g/mol. The monoisotopic (exact) mass is 348 g/mol. The van der Waals surface area contributed by atoms with Gasteiger partial charge in [-0.2, -0.15) is 0 Å². The molecule has 1 rings (SSSR count). The van der Waals surface area contributed by atoms with Crippen LogP contribution in [-0.4, -0.2) is 5.78 Å². The van der Waals surface area contributed by atoms with Crippen molar-refractivity contribution in [2.45, 2.75) is 112 Å². The lowest BCUT2D eigenvalue weighted by Gasteiger charge is -2.31. The van der Waals surface area contributed by atoms with Crippen molar-refractivity contribution in [2.75, 3.05) is 0 Å². The van der Waals surface area contributed by atoms with E-state index < -0.39 is 0 Å². The highest BCUT2D eigenvalue weighted by molar-refractivity contribution is 5.78. The first kappa shape index (κ1) is 22.5. The van der Waals surface area contributed by atoms with Crippen LogP contribution in [0.2, 0.25) is 0 Å². The molecular formula is C24H44O. The molecule has 0 aliphatic heterocycles. The van der Waals surface area contributed by atoms with Gasteiger partial charge in [-0.25, -0.2) is 0 Å². The van der Waals surface area contributed by atoms with Crippen LogP contribution in [0.3, 0.4) is 0 Å². The summed E-state index contributed by atoms with van der Waals surface area (Å²) in [5.41, 5.74) is 1.96. The van der Waals surface area contributed by atoms with E-state index in [9.17, 15) is 4.79 Å². The van der Waals surface area contributed by atoms with Gasteiger partial charge in [-0.1, -0.05) is 78.4 Å². The fraction of sp³-hybridized carbons (Fsp3) is 0.875. The molecule has 0 aromatic carbocycles. The van der Waals surface area contributed by atoms with E-state index in [-0.39, 0.29) is 0 Å². The summed E-state index contributed by atoms with van der Waals surface area (Å²) >= 11 is 0. The van der Waals surface area contributed by atoms with Crippen molar-refractivity contribution in [1.29, 1.82) is 0 Å². The van der Waals surface area contributed by atoms with Crippen molar-refractivity contribution in [3.63, 3.8) is 0 Å². The first-order chi connectivity index (χ1) is 11.8. The van der Waals surface area contributed by atoms with Crippen LogP contribution in [0.1, 0.15) is 112 Å². The van der Waals surface area contributed by atoms with Gasteiger partial charge in [0, 0.05) is 12.8 Å². The maximum atomic E-state index is 12.1. The number of hydrogen-bond acceptors (Lipinski definition) is 1. The fourth-order valence-corrected chi connectivity index (χ4v) is 4.15. The van der Waals surface area contributed by atoms with E-state index in [1.165, 1.54) is 44.9 Å². The Balaban J connectivity index is 2.17. The minimum atomic E-state index is 0.386. The molecule has 0 N–H and O–H groups in total. The minimum absolute atomic E-state index is 0.386. The van der Waals surface area contributed by atoms with Gasteiger partial charge in [0.2, 0.25) is 0 Å². The molecule has 0 aromatic rings. The number of allylic oxidation sites excluding steroid dienone is 2. The molecule has 25 heavy (non-hydrogen) atoms. The number of carbonyl (C=O) groups excluding carboxylic acids is 1. The van der Waals surface area contributed by atoms with E-state index in [4.69, 9.17) is 0 Å². The van der Waals surface area contributed by atoms with Gasteiger partial charge < -0.3 is 0 Å². The predicted octanol–water partition coefficient (Wildman–Crippen LogP) is 7.74. The van der Waals surface area contributed by atoms with Gasteiger partial charge in [0.15, 0.2) is 0 Å². The molecule has 0 saturated heterocycles. The van der Waals surface area contributed by atoms with Crippen molar-refractivity contribution in [3.05, 3.63) is 11.6 Å². The molecule has 1 aliphatic carbocycles. The van der Waals surface area contributed by atoms with Crippen molar-refractivity contribution < 1.29 is 4.79 Å². The van der Waals surface area contributed by atoms with E-state index in [0.29, 0.717) is 17.1 Å². The van der Waals surface area contributed by atoms with Crippen molar-refractivity contribution >= 4 is 5.78 Å². The summed E-state index contributed by atoms with van der Waals surface area (Å²) in [7, 11) is 0. The van der Waals surface area contributed by atoms with Crippen LogP contribution in [0.5, 0.6) is 0 Å². The molecule has 0 amide bonds. The molecule has 1 aliphatic rings. The highest BCUT2D eigenvalue weighted by Gasteiger charge is 2.34. The number of carbonyl (C=O) groups is 1. The lowest BCUT2D eigenvalue weighted by atomic mass is 9.74. The Hall–Kier alpha value is -0.590. The number of hydrogen-bond donors (Lipinski definition) is 0. The third-order valence-electron chi connectivity index (χ3n) is 7.13. The second-order valence-electron chi connectivity index (χ2n) is 9.31. The Kier molecular flexibility index (Phi) is 10.1. The van der Waals surface area contributed by atoms with E-state index in [0.717, 1.165) is 37.5 Å². The molecule has 0 aromatic heterocycles. The van der Waals surface area contributed by atoms with Gasteiger partial charge in [0.25, 0.3) is 0 Å². The Morgan fingerprint density at radius 3 is 2.32 bits per heavy atom. The summed E-state index contributed by atoms with van der Waals surface area (Å²) in [6.07, 6.45) is 15.3. The van der Waals surface area contributed by atoms with E-state index in [1.807, 2.05) is 0 Å². The summed E-state index contributed by atoms with van der Waals surface area (Å²) in [6.45, 7) is 14.1. The highest BCUT2D eigenvalue weighted by Crippen LogP contribution is 2.45. The van der Waals surface area contributed by atoms with Gasteiger partial charge in [-0.15, -0.1) is 0 Å². The minimum Gasteiger partial charge on any atom is -0.300 e. The zero-order chi connectivity index (χ0) is 18.9. The Morgan fingerprint density at radius 1 is 1.08 bits per heavy atom. The summed E-state index contributed by atoms with van der Waals surface area (Å²) in [5, 5.41) is 0. The van der Waals surface area contributed by atoms with Gasteiger partial charge in [0.05, 0.1) is 0 Å². The molecule has 0 radical (unpaired) electrons. The smallest absolute Gasteiger partial charge is 0.132 e. The summed E-state index contributed by atoms with van der Waals surface area (Å²) < 4.78 is 0. The lowest BCUT2D eigenvalue weighted by Crippen LogP contribution is -2.22. The average Bonchev–Trinajstić information content (AvgIpc) is 2.83. The van der Waals surface area contributed by atoms with E-state index in [1.54, 1.807) is 5.57 Å². The summed E-state index contributed by atoms with van der Waals surface area (Å²) in [6, 6.07) is 0. The van der Waals surface area contributed by atoms with Crippen LogP contribution < -0.4 is 0 Å². The maximum absolute atomic E-state index is 12.1. The molecule has 1 nitrogen and oxygen atoms in total. The number of Topliss-reactive ketones (excluding diaryl/α,β-unsaturated/α-hetero) is 1. The standard InChI is InChI=1S/C24H44O/c1-7-8-9-10-11-12-23(25)18-14-20(3)19(2)13-16-22-17-15-21(4)24(22,5)6/h15,19-20,22H,7-14,16-18H2,1-6H3. The maximum Gasteiger partial charge on any atom is 0.132 e. The normalized spacial score (nSPS) is 21.8. The summed E-state index contributed by atoms with van der Waals surface area (Å²) in [4.78, 5) is 12.1.